The Kier molecular flexibility index (Phi) is 2.71. The van der Waals surface area contributed by atoms with E-state index >= 15 is 0 Å². The van der Waals surface area contributed by atoms with Crippen LogP contribution < -0.4 is 5.14 Å². The molecule has 0 aliphatic heterocycles. The number of nitrogens with zero attached hydrogens (tertiary/aromatic N) is 2. The van der Waals surface area contributed by atoms with Crippen LogP contribution in [-0.2, 0) is 10.0 Å². The normalized spacial score (nSPS) is 11.6. The van der Waals surface area contributed by atoms with E-state index in [2.05, 4.69) is 5.10 Å². The van der Waals surface area contributed by atoms with Crippen LogP contribution in [-0.4, -0.2) is 18.2 Å². The lowest BCUT2D eigenvalue weighted by Gasteiger charge is -2.05. The highest BCUT2D eigenvalue weighted by molar-refractivity contribution is 7.89. The van der Waals surface area contributed by atoms with Crippen molar-refractivity contribution in [2.24, 2.45) is 5.14 Å². The van der Waals surface area contributed by atoms with Crippen LogP contribution in [0, 0.1) is 0 Å². The largest absolute Gasteiger partial charge is 0.255 e. The first kappa shape index (κ1) is 11.1. The lowest BCUT2D eigenvalue weighted by atomic mass is 10.3. The second kappa shape index (κ2) is 3.89. The summed E-state index contributed by atoms with van der Waals surface area (Å²) in [7, 11) is -3.78. The Hall–Kier alpha value is -1.37. The number of rotatable bonds is 2. The number of hydrogen-bond donors (Lipinski definition) is 1. The summed E-state index contributed by atoms with van der Waals surface area (Å²) in [5, 5.41) is 9.45. The first-order valence-corrected chi connectivity index (χ1v) is 6.24. The number of sulfonamides is 1. The highest BCUT2D eigenvalue weighted by Gasteiger charge is 2.15. The maximum atomic E-state index is 11.2. The summed E-state index contributed by atoms with van der Waals surface area (Å²) >= 11 is 5.73. The van der Waals surface area contributed by atoms with Crippen LogP contribution in [0.2, 0.25) is 5.02 Å². The van der Waals surface area contributed by atoms with Gasteiger partial charge in [-0.15, -0.1) is 0 Å². The molecule has 0 aliphatic rings. The van der Waals surface area contributed by atoms with Crippen LogP contribution in [0.4, 0.5) is 0 Å². The minimum atomic E-state index is -3.78. The van der Waals surface area contributed by atoms with E-state index in [1.807, 2.05) is 0 Å². The van der Waals surface area contributed by atoms with Gasteiger partial charge in [0.2, 0.25) is 0 Å². The molecule has 0 atom stereocenters. The number of halogens is 1. The first-order chi connectivity index (χ1) is 7.48. The third kappa shape index (κ3) is 2.08. The Morgan fingerprint density at radius 3 is 2.38 bits per heavy atom. The van der Waals surface area contributed by atoms with Gasteiger partial charge in [-0.3, -0.25) is 0 Å². The second-order valence-corrected chi connectivity index (χ2v) is 5.05. The van der Waals surface area contributed by atoms with Crippen LogP contribution in [0.1, 0.15) is 0 Å². The van der Waals surface area contributed by atoms with Crippen LogP contribution in [0.3, 0.4) is 0 Å². The Morgan fingerprint density at radius 2 is 1.81 bits per heavy atom. The molecule has 2 rings (SSSR count). The summed E-state index contributed by atoms with van der Waals surface area (Å²) in [5.41, 5.74) is 0.582. The molecular weight excluding hydrogens is 250 g/mol. The molecule has 0 radical (unpaired) electrons. The van der Waals surface area contributed by atoms with Gasteiger partial charge in [0.25, 0.3) is 10.0 Å². The molecule has 84 valence electrons. The zero-order valence-electron chi connectivity index (χ0n) is 8.04. The van der Waals surface area contributed by atoms with E-state index in [1.165, 1.54) is 16.9 Å². The average Bonchev–Trinajstić information content (AvgIpc) is 2.66. The second-order valence-electron chi connectivity index (χ2n) is 3.10. The van der Waals surface area contributed by atoms with Gasteiger partial charge in [0.1, 0.15) is 0 Å². The molecule has 0 spiro atoms. The van der Waals surface area contributed by atoms with Crippen molar-refractivity contribution in [1.82, 2.24) is 9.78 Å². The molecule has 2 N–H and O–H groups in total. The average molecular weight is 258 g/mol. The fourth-order valence-electron chi connectivity index (χ4n) is 1.28. The fourth-order valence-corrected chi connectivity index (χ4v) is 2.05. The third-order valence-corrected chi connectivity index (χ3v) is 3.11. The predicted octanol–water partition coefficient (Wildman–Crippen LogP) is 1.17. The highest BCUT2D eigenvalue weighted by Crippen LogP contribution is 2.16. The predicted molar refractivity (Wildman–Crippen MR) is 59.9 cm³/mol. The van der Waals surface area contributed by atoms with E-state index in [4.69, 9.17) is 16.7 Å². The van der Waals surface area contributed by atoms with E-state index in [9.17, 15) is 8.42 Å². The lowest BCUT2D eigenvalue weighted by Crippen LogP contribution is -2.17. The fraction of sp³-hybridized carbons (Fsp3) is 0. The van der Waals surface area contributed by atoms with Crippen LogP contribution in [0.15, 0.2) is 41.6 Å². The highest BCUT2D eigenvalue weighted by atomic mass is 35.5. The molecule has 0 aliphatic carbocycles. The SMILES string of the molecule is NS(=O)(=O)c1ccnn1-c1ccc(Cl)cc1. The molecule has 1 aromatic heterocycles. The van der Waals surface area contributed by atoms with Crippen LogP contribution in [0.25, 0.3) is 5.69 Å². The van der Waals surface area contributed by atoms with Crippen molar-refractivity contribution >= 4 is 21.6 Å². The zero-order chi connectivity index (χ0) is 11.8. The van der Waals surface area contributed by atoms with Crippen LogP contribution >= 0.6 is 11.6 Å². The van der Waals surface area contributed by atoms with E-state index in [1.54, 1.807) is 24.3 Å². The molecule has 1 aromatic carbocycles. The zero-order valence-corrected chi connectivity index (χ0v) is 9.61. The maximum Gasteiger partial charge on any atom is 0.255 e. The first-order valence-electron chi connectivity index (χ1n) is 4.31. The molecule has 2 aromatic rings. The Balaban J connectivity index is 2.58. The summed E-state index contributed by atoms with van der Waals surface area (Å²) in [5.74, 6) is 0. The van der Waals surface area contributed by atoms with E-state index in [0.717, 1.165) is 0 Å². The van der Waals surface area contributed by atoms with Gasteiger partial charge < -0.3 is 0 Å². The molecule has 0 unspecified atom stereocenters. The molecule has 7 heteroatoms. The molecule has 0 saturated carbocycles. The molecule has 0 amide bonds. The van der Waals surface area contributed by atoms with Crippen molar-refractivity contribution in [2.45, 2.75) is 5.03 Å². The van der Waals surface area contributed by atoms with Crippen molar-refractivity contribution in [1.29, 1.82) is 0 Å². The third-order valence-electron chi connectivity index (χ3n) is 1.97. The smallest absolute Gasteiger partial charge is 0.223 e. The molecule has 0 saturated heterocycles. The van der Waals surface area contributed by atoms with E-state index in [0.29, 0.717) is 10.7 Å². The van der Waals surface area contributed by atoms with Gasteiger partial charge in [-0.25, -0.2) is 18.2 Å². The monoisotopic (exact) mass is 257 g/mol. The van der Waals surface area contributed by atoms with Gasteiger partial charge >= 0.3 is 0 Å². The van der Waals surface area contributed by atoms with Crippen molar-refractivity contribution in [3.63, 3.8) is 0 Å². The quantitative estimate of drug-likeness (QED) is 0.877. The van der Waals surface area contributed by atoms with Crippen molar-refractivity contribution in [3.05, 3.63) is 41.6 Å². The Labute approximate surface area is 97.5 Å². The molecular formula is C9H8ClN3O2S. The molecule has 0 bridgehead atoms. The number of aromatic nitrogens is 2. The molecule has 16 heavy (non-hydrogen) atoms. The summed E-state index contributed by atoms with van der Waals surface area (Å²) in [4.78, 5) is 0. The van der Waals surface area contributed by atoms with Gasteiger partial charge in [0, 0.05) is 5.02 Å². The van der Waals surface area contributed by atoms with Gasteiger partial charge in [-0.05, 0) is 30.3 Å². The number of primary sulfonamides is 1. The number of hydrogen-bond acceptors (Lipinski definition) is 3. The summed E-state index contributed by atoms with van der Waals surface area (Å²) in [6.07, 6.45) is 1.37. The van der Waals surface area contributed by atoms with Gasteiger partial charge in [0.05, 0.1) is 11.9 Å². The topological polar surface area (TPSA) is 78.0 Å². The minimum absolute atomic E-state index is 0.0603. The maximum absolute atomic E-state index is 11.2. The van der Waals surface area contributed by atoms with Gasteiger partial charge in [-0.2, -0.15) is 5.10 Å². The van der Waals surface area contributed by atoms with E-state index in [-0.39, 0.29) is 5.03 Å². The van der Waals surface area contributed by atoms with Crippen molar-refractivity contribution in [2.75, 3.05) is 0 Å². The number of nitrogens with two attached hydrogens (primary N) is 1. The number of benzene rings is 1. The van der Waals surface area contributed by atoms with Crippen molar-refractivity contribution in [3.8, 4) is 5.69 Å². The summed E-state index contributed by atoms with van der Waals surface area (Å²) in [6, 6.07) is 7.94. The Bertz CT molecular complexity index is 604. The minimum Gasteiger partial charge on any atom is -0.223 e. The van der Waals surface area contributed by atoms with Gasteiger partial charge in [-0.1, -0.05) is 11.6 Å². The Morgan fingerprint density at radius 1 is 1.19 bits per heavy atom. The standard InChI is InChI=1S/C9H8ClN3O2S/c10-7-1-3-8(4-2-7)13-9(5-6-12-13)16(11,14)15/h1-6H,(H2,11,14,15). The summed E-state index contributed by atoms with van der Waals surface area (Å²) < 4.78 is 23.7. The van der Waals surface area contributed by atoms with Crippen LogP contribution in [0.5, 0.6) is 0 Å². The van der Waals surface area contributed by atoms with Crippen molar-refractivity contribution < 1.29 is 8.42 Å². The van der Waals surface area contributed by atoms with E-state index < -0.39 is 10.0 Å². The lowest BCUT2D eigenvalue weighted by molar-refractivity contribution is 0.587. The molecule has 1 heterocycles. The molecule has 5 nitrogen and oxygen atoms in total. The summed E-state index contributed by atoms with van der Waals surface area (Å²) in [6.45, 7) is 0. The van der Waals surface area contributed by atoms with Gasteiger partial charge in [0.15, 0.2) is 5.03 Å². The molecule has 0 fully saturated rings.